The molecule has 0 bridgehead atoms. The third kappa shape index (κ3) is 5.87. The van der Waals surface area contributed by atoms with Crippen molar-refractivity contribution in [2.45, 2.75) is 72.0 Å². The summed E-state index contributed by atoms with van der Waals surface area (Å²) in [6.07, 6.45) is 7.24. The summed E-state index contributed by atoms with van der Waals surface area (Å²) in [6, 6.07) is 0. The van der Waals surface area contributed by atoms with Crippen LogP contribution in [-0.2, 0) is 4.74 Å². The minimum atomic E-state index is 0.359. The van der Waals surface area contributed by atoms with E-state index >= 15 is 0 Å². The molecule has 0 spiro atoms. The summed E-state index contributed by atoms with van der Waals surface area (Å²) in [4.78, 5) is 0. The number of ether oxygens (including phenoxy) is 1. The van der Waals surface area contributed by atoms with Gasteiger partial charge in [-0.3, -0.25) is 0 Å². The fourth-order valence-electron chi connectivity index (χ4n) is 2.61. The van der Waals surface area contributed by atoms with Gasteiger partial charge >= 0.3 is 0 Å². The van der Waals surface area contributed by atoms with Crippen molar-refractivity contribution in [2.75, 3.05) is 13.1 Å². The Morgan fingerprint density at radius 2 is 2.00 bits per heavy atom. The smallest absolute Gasteiger partial charge is 0.0675 e. The summed E-state index contributed by atoms with van der Waals surface area (Å²) < 4.78 is 6.13. The van der Waals surface area contributed by atoms with E-state index in [1.165, 1.54) is 32.1 Å². The summed E-state index contributed by atoms with van der Waals surface area (Å²) >= 11 is 0. The lowest BCUT2D eigenvalue weighted by molar-refractivity contribution is -0.0383. The summed E-state index contributed by atoms with van der Waals surface area (Å²) in [7, 11) is 0. The first kappa shape index (κ1) is 15.0. The molecule has 1 aliphatic rings. The normalized spacial score (nSPS) is 31.4. The first-order valence-electron chi connectivity index (χ1n) is 7.49. The van der Waals surface area contributed by atoms with Crippen LogP contribution in [0.25, 0.3) is 0 Å². The number of hydrogen-bond acceptors (Lipinski definition) is 2. The Labute approximate surface area is 108 Å². The standard InChI is InChI=1S/C15H31NO/c1-5-6-9-16-11-14(4)17-15-8-7-12(2)13(3)10-15/h12-16H,5-11H2,1-4H3. The molecule has 0 amide bonds. The van der Waals surface area contributed by atoms with Crippen molar-refractivity contribution >= 4 is 0 Å². The molecule has 1 N–H and O–H groups in total. The van der Waals surface area contributed by atoms with Gasteiger partial charge in [0.05, 0.1) is 12.2 Å². The van der Waals surface area contributed by atoms with E-state index in [0.717, 1.165) is 24.9 Å². The molecule has 0 aliphatic heterocycles. The second-order valence-corrected chi connectivity index (χ2v) is 5.89. The molecule has 17 heavy (non-hydrogen) atoms. The highest BCUT2D eigenvalue weighted by Gasteiger charge is 2.25. The largest absolute Gasteiger partial charge is 0.374 e. The molecule has 0 aromatic carbocycles. The van der Waals surface area contributed by atoms with Crippen molar-refractivity contribution in [1.82, 2.24) is 5.32 Å². The maximum Gasteiger partial charge on any atom is 0.0675 e. The predicted octanol–water partition coefficient (Wildman–Crippen LogP) is 3.61. The molecule has 102 valence electrons. The van der Waals surface area contributed by atoms with Gasteiger partial charge in [0, 0.05) is 6.54 Å². The van der Waals surface area contributed by atoms with Crippen molar-refractivity contribution in [3.05, 3.63) is 0 Å². The van der Waals surface area contributed by atoms with Crippen molar-refractivity contribution in [3.63, 3.8) is 0 Å². The highest BCUT2D eigenvalue weighted by Crippen LogP contribution is 2.31. The molecule has 2 nitrogen and oxygen atoms in total. The number of hydrogen-bond donors (Lipinski definition) is 1. The lowest BCUT2D eigenvalue weighted by Gasteiger charge is -2.33. The van der Waals surface area contributed by atoms with E-state index in [1.807, 2.05) is 0 Å². The maximum absolute atomic E-state index is 6.13. The van der Waals surface area contributed by atoms with Gasteiger partial charge in [-0.25, -0.2) is 0 Å². The lowest BCUT2D eigenvalue weighted by Crippen LogP contribution is -2.34. The van der Waals surface area contributed by atoms with E-state index in [4.69, 9.17) is 4.74 Å². The van der Waals surface area contributed by atoms with E-state index < -0.39 is 0 Å². The zero-order valence-electron chi connectivity index (χ0n) is 12.2. The maximum atomic E-state index is 6.13. The Morgan fingerprint density at radius 1 is 1.24 bits per heavy atom. The Hall–Kier alpha value is -0.0800. The van der Waals surface area contributed by atoms with Crippen LogP contribution in [0.1, 0.15) is 59.8 Å². The highest BCUT2D eigenvalue weighted by atomic mass is 16.5. The zero-order chi connectivity index (χ0) is 12.7. The molecule has 4 atom stereocenters. The van der Waals surface area contributed by atoms with E-state index in [2.05, 4.69) is 33.0 Å². The molecular formula is C15H31NO. The predicted molar refractivity (Wildman–Crippen MR) is 74.3 cm³/mol. The topological polar surface area (TPSA) is 21.3 Å². The molecule has 0 heterocycles. The van der Waals surface area contributed by atoms with Crippen LogP contribution in [-0.4, -0.2) is 25.3 Å². The third-order valence-electron chi connectivity index (χ3n) is 4.11. The van der Waals surface area contributed by atoms with E-state index in [-0.39, 0.29) is 0 Å². The van der Waals surface area contributed by atoms with Crippen LogP contribution in [0.4, 0.5) is 0 Å². The minimum absolute atomic E-state index is 0.359. The van der Waals surface area contributed by atoms with E-state index in [1.54, 1.807) is 0 Å². The van der Waals surface area contributed by atoms with Crippen molar-refractivity contribution < 1.29 is 4.74 Å². The van der Waals surface area contributed by atoms with Crippen LogP contribution < -0.4 is 5.32 Å². The van der Waals surface area contributed by atoms with Gasteiger partial charge in [0.2, 0.25) is 0 Å². The van der Waals surface area contributed by atoms with Gasteiger partial charge in [0.1, 0.15) is 0 Å². The minimum Gasteiger partial charge on any atom is -0.374 e. The fraction of sp³-hybridized carbons (Fsp3) is 1.00. The van der Waals surface area contributed by atoms with Crippen molar-refractivity contribution in [1.29, 1.82) is 0 Å². The van der Waals surface area contributed by atoms with Gasteiger partial charge in [0.15, 0.2) is 0 Å². The van der Waals surface area contributed by atoms with Crippen LogP contribution in [0.2, 0.25) is 0 Å². The molecule has 1 aliphatic carbocycles. The number of rotatable bonds is 7. The first-order chi connectivity index (χ1) is 8.13. The quantitative estimate of drug-likeness (QED) is 0.688. The summed E-state index contributed by atoms with van der Waals surface area (Å²) in [5.74, 6) is 1.71. The van der Waals surface area contributed by atoms with Gasteiger partial charge in [-0.2, -0.15) is 0 Å². The van der Waals surface area contributed by atoms with Crippen LogP contribution in [0.5, 0.6) is 0 Å². The molecule has 0 aromatic rings. The first-order valence-corrected chi connectivity index (χ1v) is 7.49. The number of unbranched alkanes of at least 4 members (excludes halogenated alkanes) is 1. The number of nitrogens with one attached hydrogen (secondary N) is 1. The van der Waals surface area contributed by atoms with Gasteiger partial charge in [-0.15, -0.1) is 0 Å². The van der Waals surface area contributed by atoms with Crippen LogP contribution in [0, 0.1) is 11.8 Å². The molecule has 4 unspecified atom stereocenters. The van der Waals surface area contributed by atoms with Gasteiger partial charge < -0.3 is 10.1 Å². The molecule has 2 heteroatoms. The monoisotopic (exact) mass is 241 g/mol. The molecule has 0 radical (unpaired) electrons. The van der Waals surface area contributed by atoms with E-state index in [0.29, 0.717) is 12.2 Å². The molecule has 0 saturated heterocycles. The van der Waals surface area contributed by atoms with Crippen molar-refractivity contribution in [2.24, 2.45) is 11.8 Å². The van der Waals surface area contributed by atoms with Gasteiger partial charge in [-0.05, 0) is 51.0 Å². The zero-order valence-corrected chi connectivity index (χ0v) is 12.2. The average Bonchev–Trinajstić information content (AvgIpc) is 2.30. The summed E-state index contributed by atoms with van der Waals surface area (Å²) in [5, 5.41) is 3.47. The highest BCUT2D eigenvalue weighted by molar-refractivity contribution is 4.76. The summed E-state index contributed by atoms with van der Waals surface area (Å²) in [5.41, 5.74) is 0. The molecule has 1 saturated carbocycles. The molecule has 0 aromatic heterocycles. The van der Waals surface area contributed by atoms with Gasteiger partial charge in [0.25, 0.3) is 0 Å². The van der Waals surface area contributed by atoms with Crippen LogP contribution in [0.15, 0.2) is 0 Å². The Bertz CT molecular complexity index is 195. The molecule has 1 rings (SSSR count). The van der Waals surface area contributed by atoms with Crippen molar-refractivity contribution in [3.8, 4) is 0 Å². The Morgan fingerprint density at radius 3 is 2.65 bits per heavy atom. The Kier molecular flexibility index (Phi) is 7.14. The second-order valence-electron chi connectivity index (χ2n) is 5.89. The van der Waals surface area contributed by atoms with Crippen LogP contribution >= 0.6 is 0 Å². The molecular weight excluding hydrogens is 210 g/mol. The van der Waals surface area contributed by atoms with Crippen LogP contribution in [0.3, 0.4) is 0 Å². The Balaban J connectivity index is 2.11. The third-order valence-corrected chi connectivity index (χ3v) is 4.11. The second kappa shape index (κ2) is 8.10. The summed E-state index contributed by atoms with van der Waals surface area (Å²) in [6.45, 7) is 11.3. The fourth-order valence-corrected chi connectivity index (χ4v) is 2.61. The van der Waals surface area contributed by atoms with E-state index in [9.17, 15) is 0 Å². The SMILES string of the molecule is CCCCNCC(C)OC1CCC(C)C(C)C1. The average molecular weight is 241 g/mol. The van der Waals surface area contributed by atoms with Gasteiger partial charge in [-0.1, -0.05) is 27.2 Å². The molecule has 1 fully saturated rings. The lowest BCUT2D eigenvalue weighted by atomic mass is 9.80.